The number of amides is 1. The molecule has 0 radical (unpaired) electrons. The van der Waals surface area contributed by atoms with E-state index in [1.807, 2.05) is 55.8 Å². The molecule has 0 aliphatic rings. The fourth-order valence-electron chi connectivity index (χ4n) is 2.37. The summed E-state index contributed by atoms with van der Waals surface area (Å²) >= 11 is 0. The number of aryl methyl sites for hydroxylation is 2. The summed E-state index contributed by atoms with van der Waals surface area (Å²) in [6, 6.07) is 9.62. The number of nitrogens with zero attached hydrogens (tertiary/aromatic N) is 2. The lowest BCUT2D eigenvalue weighted by atomic mass is 10.0. The number of para-hydroxylation sites is 1. The molecule has 0 saturated carbocycles. The van der Waals surface area contributed by atoms with Gasteiger partial charge in [-0.05, 0) is 43.4 Å². The lowest BCUT2D eigenvalue weighted by Gasteiger charge is -2.15. The Morgan fingerprint density at radius 2 is 2.00 bits per heavy atom. The highest BCUT2D eigenvalue weighted by Crippen LogP contribution is 2.13. The molecule has 0 spiro atoms. The molecule has 0 saturated heterocycles. The monoisotopic (exact) mass is 314 g/mol. The zero-order valence-corrected chi connectivity index (χ0v) is 14.1. The minimum absolute atomic E-state index is 0.0725. The van der Waals surface area contributed by atoms with Crippen LogP contribution < -0.4 is 11.1 Å². The van der Waals surface area contributed by atoms with E-state index in [2.05, 4.69) is 16.6 Å². The maximum absolute atomic E-state index is 11.8. The van der Waals surface area contributed by atoms with Crippen molar-refractivity contribution in [3.05, 3.63) is 47.8 Å². The van der Waals surface area contributed by atoms with Gasteiger partial charge in [0.25, 0.3) is 0 Å². The second kappa shape index (κ2) is 7.92. The topological polar surface area (TPSA) is 72.9 Å². The van der Waals surface area contributed by atoms with Gasteiger partial charge < -0.3 is 11.1 Å². The van der Waals surface area contributed by atoms with Gasteiger partial charge in [0, 0.05) is 12.7 Å². The van der Waals surface area contributed by atoms with Gasteiger partial charge in [-0.1, -0.05) is 32.0 Å². The predicted octanol–water partition coefficient (Wildman–Crippen LogP) is 2.21. The van der Waals surface area contributed by atoms with Crippen LogP contribution in [0.25, 0.3) is 5.69 Å². The molecule has 0 unspecified atom stereocenters. The van der Waals surface area contributed by atoms with Gasteiger partial charge in [0.1, 0.15) is 0 Å². The van der Waals surface area contributed by atoms with Gasteiger partial charge >= 0.3 is 0 Å². The number of hydrogen-bond acceptors (Lipinski definition) is 3. The minimum Gasteiger partial charge on any atom is -0.355 e. The number of aromatic nitrogens is 2. The van der Waals surface area contributed by atoms with E-state index in [4.69, 9.17) is 5.73 Å². The fraction of sp³-hybridized carbons (Fsp3) is 0.444. The second-order valence-corrected chi connectivity index (χ2v) is 6.18. The molecule has 0 aliphatic carbocycles. The first-order valence-electron chi connectivity index (χ1n) is 8.13. The maximum atomic E-state index is 11.8. The summed E-state index contributed by atoms with van der Waals surface area (Å²) in [5.41, 5.74) is 9.11. The van der Waals surface area contributed by atoms with Crippen molar-refractivity contribution in [1.29, 1.82) is 0 Å². The number of benzene rings is 1. The Morgan fingerprint density at radius 3 is 2.65 bits per heavy atom. The summed E-state index contributed by atoms with van der Waals surface area (Å²) in [4.78, 5) is 11.8. The van der Waals surface area contributed by atoms with Crippen LogP contribution in [0.15, 0.2) is 36.5 Å². The average Bonchev–Trinajstić information content (AvgIpc) is 2.92. The molecule has 5 heteroatoms. The molecule has 0 aliphatic heterocycles. The third kappa shape index (κ3) is 4.66. The van der Waals surface area contributed by atoms with Crippen molar-refractivity contribution < 1.29 is 4.79 Å². The SMILES string of the molecule is Cc1nn(-c2ccccc2)cc1CCCNC(=O)[C@@H](N)C(C)C. The van der Waals surface area contributed by atoms with Crippen molar-refractivity contribution in [2.24, 2.45) is 11.7 Å². The Kier molecular flexibility index (Phi) is 5.93. The Bertz CT molecular complexity index is 634. The molecule has 1 aromatic heterocycles. The highest BCUT2D eigenvalue weighted by atomic mass is 16.2. The lowest BCUT2D eigenvalue weighted by molar-refractivity contribution is -0.123. The summed E-state index contributed by atoms with van der Waals surface area (Å²) in [5, 5.41) is 7.46. The Labute approximate surface area is 137 Å². The van der Waals surface area contributed by atoms with Crippen LogP contribution in [0.1, 0.15) is 31.5 Å². The molecular weight excluding hydrogens is 288 g/mol. The normalized spacial score (nSPS) is 12.4. The Balaban J connectivity index is 1.85. The largest absolute Gasteiger partial charge is 0.355 e. The zero-order valence-electron chi connectivity index (χ0n) is 14.1. The van der Waals surface area contributed by atoms with Gasteiger partial charge in [-0.15, -0.1) is 0 Å². The van der Waals surface area contributed by atoms with Crippen LogP contribution in [0.3, 0.4) is 0 Å². The van der Waals surface area contributed by atoms with Gasteiger partial charge in [-0.3, -0.25) is 4.79 Å². The van der Waals surface area contributed by atoms with Crippen molar-refractivity contribution >= 4 is 5.91 Å². The Morgan fingerprint density at radius 1 is 1.30 bits per heavy atom. The van der Waals surface area contributed by atoms with Crippen LogP contribution in [0.4, 0.5) is 0 Å². The molecule has 2 aromatic rings. The number of rotatable bonds is 7. The Hall–Kier alpha value is -2.14. The summed E-state index contributed by atoms with van der Waals surface area (Å²) in [5.74, 6) is 0.0815. The van der Waals surface area contributed by atoms with Gasteiger partial charge in [-0.25, -0.2) is 4.68 Å². The predicted molar refractivity (Wildman–Crippen MR) is 92.4 cm³/mol. The van der Waals surface area contributed by atoms with Gasteiger partial charge in [0.15, 0.2) is 0 Å². The molecular formula is C18H26N4O. The molecule has 23 heavy (non-hydrogen) atoms. The minimum atomic E-state index is -0.433. The third-order valence-corrected chi connectivity index (χ3v) is 3.96. The van der Waals surface area contributed by atoms with E-state index in [0.717, 1.165) is 24.2 Å². The summed E-state index contributed by atoms with van der Waals surface area (Å²) in [7, 11) is 0. The van der Waals surface area contributed by atoms with Crippen LogP contribution in [-0.4, -0.2) is 28.3 Å². The highest BCUT2D eigenvalue weighted by Gasteiger charge is 2.16. The molecule has 1 amide bonds. The van der Waals surface area contributed by atoms with Crippen molar-refractivity contribution in [2.45, 2.75) is 39.7 Å². The average molecular weight is 314 g/mol. The number of nitrogens with two attached hydrogens (primary N) is 1. The van der Waals surface area contributed by atoms with Crippen LogP contribution in [0, 0.1) is 12.8 Å². The molecule has 2 rings (SSSR count). The van der Waals surface area contributed by atoms with E-state index in [1.54, 1.807) is 0 Å². The van der Waals surface area contributed by atoms with E-state index in [1.165, 1.54) is 5.56 Å². The molecule has 1 aromatic carbocycles. The second-order valence-electron chi connectivity index (χ2n) is 6.18. The number of hydrogen-bond donors (Lipinski definition) is 2. The van der Waals surface area contributed by atoms with Crippen molar-refractivity contribution in [1.82, 2.24) is 15.1 Å². The summed E-state index contributed by atoms with van der Waals surface area (Å²) in [6.45, 7) is 6.55. The van der Waals surface area contributed by atoms with Crippen molar-refractivity contribution in [3.63, 3.8) is 0 Å². The van der Waals surface area contributed by atoms with E-state index >= 15 is 0 Å². The number of nitrogens with one attached hydrogen (secondary N) is 1. The fourth-order valence-corrected chi connectivity index (χ4v) is 2.37. The molecule has 124 valence electrons. The van der Waals surface area contributed by atoms with Crippen LogP contribution in [0.5, 0.6) is 0 Å². The smallest absolute Gasteiger partial charge is 0.237 e. The van der Waals surface area contributed by atoms with Crippen LogP contribution >= 0.6 is 0 Å². The molecule has 1 atom stereocenters. The molecule has 5 nitrogen and oxygen atoms in total. The third-order valence-electron chi connectivity index (χ3n) is 3.96. The molecule has 0 bridgehead atoms. The first-order chi connectivity index (χ1) is 11.0. The maximum Gasteiger partial charge on any atom is 0.237 e. The van der Waals surface area contributed by atoms with Crippen LogP contribution in [0.2, 0.25) is 0 Å². The molecule has 3 N–H and O–H groups in total. The zero-order chi connectivity index (χ0) is 16.8. The number of carbonyl (C=O) groups excluding carboxylic acids is 1. The number of carbonyl (C=O) groups is 1. The van der Waals surface area contributed by atoms with Crippen molar-refractivity contribution in [2.75, 3.05) is 6.54 Å². The van der Waals surface area contributed by atoms with Gasteiger partial charge in [-0.2, -0.15) is 5.10 Å². The molecule has 1 heterocycles. The van der Waals surface area contributed by atoms with E-state index in [9.17, 15) is 4.79 Å². The van der Waals surface area contributed by atoms with Gasteiger partial charge in [0.2, 0.25) is 5.91 Å². The first-order valence-corrected chi connectivity index (χ1v) is 8.13. The highest BCUT2D eigenvalue weighted by molar-refractivity contribution is 5.81. The summed E-state index contributed by atoms with van der Waals surface area (Å²) in [6.07, 6.45) is 3.82. The van der Waals surface area contributed by atoms with Crippen LogP contribution in [-0.2, 0) is 11.2 Å². The lowest BCUT2D eigenvalue weighted by Crippen LogP contribution is -2.44. The van der Waals surface area contributed by atoms with E-state index < -0.39 is 6.04 Å². The van der Waals surface area contributed by atoms with E-state index in [0.29, 0.717) is 6.54 Å². The standard InChI is InChI=1S/C18H26N4O/c1-13(2)17(19)18(23)20-11-7-8-15-12-22(21-14(15)3)16-9-5-4-6-10-16/h4-6,9-10,12-13,17H,7-8,11,19H2,1-3H3,(H,20,23)/t17-/m0/s1. The van der Waals surface area contributed by atoms with Gasteiger partial charge in [0.05, 0.1) is 17.4 Å². The summed E-state index contributed by atoms with van der Waals surface area (Å²) < 4.78 is 1.90. The first kappa shape index (κ1) is 17.2. The molecule has 0 fully saturated rings. The van der Waals surface area contributed by atoms with Crippen molar-refractivity contribution in [3.8, 4) is 5.69 Å². The van der Waals surface area contributed by atoms with E-state index in [-0.39, 0.29) is 11.8 Å². The quantitative estimate of drug-likeness (QED) is 0.770.